The smallest absolute Gasteiger partial charge is 0.335 e. The van der Waals surface area contributed by atoms with E-state index in [9.17, 15) is 27.9 Å². The third-order valence-electron chi connectivity index (χ3n) is 6.41. The predicted octanol–water partition coefficient (Wildman–Crippen LogP) is -0.0482. The van der Waals surface area contributed by atoms with Crippen molar-refractivity contribution in [3.05, 3.63) is 106 Å². The average Bonchev–Trinajstić information content (AvgIpc) is 2.98. The highest BCUT2D eigenvalue weighted by molar-refractivity contribution is 7.88. The summed E-state index contributed by atoms with van der Waals surface area (Å²) >= 11 is 0. The van der Waals surface area contributed by atoms with Crippen LogP contribution in [0.15, 0.2) is 72.8 Å². The van der Waals surface area contributed by atoms with Crippen LogP contribution in [0.25, 0.3) is 0 Å². The van der Waals surface area contributed by atoms with E-state index in [1.807, 2.05) is 6.07 Å². The number of aromatic carboxylic acids is 1. The molecule has 0 bridgehead atoms. The number of aliphatic hydroxyl groups excluding tert-OH is 1. The van der Waals surface area contributed by atoms with Crippen LogP contribution in [0.4, 0.5) is 0 Å². The van der Waals surface area contributed by atoms with Gasteiger partial charge < -0.3 is 32.3 Å². The van der Waals surface area contributed by atoms with Crippen LogP contribution in [0.2, 0.25) is 0 Å². The Bertz CT molecular complexity index is 1560. The Balaban J connectivity index is 1.73. The first-order valence-corrected chi connectivity index (χ1v) is 14.8. The van der Waals surface area contributed by atoms with Crippen LogP contribution in [-0.2, 0) is 44.9 Å². The zero-order chi connectivity index (χ0) is 31.6. The number of amidine groups is 1. The fourth-order valence-corrected chi connectivity index (χ4v) is 5.44. The molecule has 0 heterocycles. The van der Waals surface area contributed by atoms with Gasteiger partial charge in [-0.25, -0.2) is 17.9 Å². The molecule has 0 saturated carbocycles. The SMILES string of the molecule is N=C(N)c1ccc(CNC(=O)C(Cc2cccc(CN)c2)NC(=O)C(CO)NS(=O)(=O)Cc2ccc(C(=O)O)cc2)cc1. The molecule has 0 radical (unpaired) electrons. The van der Waals surface area contributed by atoms with E-state index in [1.54, 1.807) is 42.5 Å². The van der Waals surface area contributed by atoms with Gasteiger partial charge in [0.25, 0.3) is 0 Å². The molecule has 3 aromatic carbocycles. The van der Waals surface area contributed by atoms with Gasteiger partial charge in [-0.15, -0.1) is 0 Å². The summed E-state index contributed by atoms with van der Waals surface area (Å²) in [5.74, 6) is -3.31. The molecule has 2 amide bonds. The number of rotatable bonds is 15. The number of sulfonamides is 1. The quantitative estimate of drug-likeness (QED) is 0.0849. The molecule has 0 aliphatic carbocycles. The molecule has 228 valence electrons. The minimum atomic E-state index is -4.16. The van der Waals surface area contributed by atoms with Crippen LogP contribution in [-0.4, -0.2) is 60.9 Å². The summed E-state index contributed by atoms with van der Waals surface area (Å²) in [5.41, 5.74) is 14.2. The van der Waals surface area contributed by atoms with Crippen molar-refractivity contribution < 1.29 is 33.0 Å². The van der Waals surface area contributed by atoms with Gasteiger partial charge in [0.1, 0.15) is 17.9 Å². The Morgan fingerprint density at radius 1 is 0.837 bits per heavy atom. The molecular weight excluding hydrogens is 576 g/mol. The fraction of sp³-hybridized carbons (Fsp3) is 0.241. The highest BCUT2D eigenvalue weighted by Gasteiger charge is 2.29. The number of benzene rings is 3. The first-order valence-electron chi connectivity index (χ1n) is 13.1. The van der Waals surface area contributed by atoms with E-state index in [0.29, 0.717) is 16.7 Å². The van der Waals surface area contributed by atoms with Crippen molar-refractivity contribution >= 4 is 33.6 Å². The van der Waals surface area contributed by atoms with Gasteiger partial charge in [0.2, 0.25) is 21.8 Å². The van der Waals surface area contributed by atoms with Crippen molar-refractivity contribution in [3.8, 4) is 0 Å². The van der Waals surface area contributed by atoms with Gasteiger partial charge >= 0.3 is 5.97 Å². The molecule has 0 fully saturated rings. The minimum absolute atomic E-state index is 0.0175. The second kappa shape index (κ2) is 15.0. The van der Waals surface area contributed by atoms with Crippen LogP contribution in [0, 0.1) is 5.41 Å². The Kier molecular flexibility index (Phi) is 11.5. The second-order valence-corrected chi connectivity index (χ2v) is 11.5. The summed E-state index contributed by atoms with van der Waals surface area (Å²) in [5, 5.41) is 31.7. The van der Waals surface area contributed by atoms with Gasteiger partial charge in [-0.3, -0.25) is 15.0 Å². The lowest BCUT2D eigenvalue weighted by atomic mass is 10.0. The molecule has 10 N–H and O–H groups in total. The monoisotopic (exact) mass is 610 g/mol. The number of aliphatic hydroxyl groups is 1. The Hall–Kier alpha value is -4.63. The Labute approximate surface area is 248 Å². The van der Waals surface area contributed by atoms with Crippen LogP contribution in [0.5, 0.6) is 0 Å². The number of carboxylic acids is 1. The maximum absolute atomic E-state index is 13.3. The molecule has 43 heavy (non-hydrogen) atoms. The van der Waals surface area contributed by atoms with Crippen molar-refractivity contribution in [3.63, 3.8) is 0 Å². The highest BCUT2D eigenvalue weighted by Crippen LogP contribution is 2.11. The average molecular weight is 611 g/mol. The maximum atomic E-state index is 13.3. The molecule has 0 spiro atoms. The Morgan fingerprint density at radius 2 is 1.44 bits per heavy atom. The number of carbonyl (C=O) groups is 3. The highest BCUT2D eigenvalue weighted by atomic mass is 32.2. The molecule has 0 aliphatic rings. The number of carboxylic acid groups (broad SMARTS) is 1. The summed E-state index contributed by atoms with van der Waals surface area (Å²) in [7, 11) is -4.16. The predicted molar refractivity (Wildman–Crippen MR) is 159 cm³/mol. The lowest BCUT2D eigenvalue weighted by molar-refractivity contribution is -0.130. The number of carbonyl (C=O) groups excluding carboxylic acids is 2. The first-order chi connectivity index (χ1) is 20.4. The lowest BCUT2D eigenvalue weighted by Crippen LogP contribution is -2.55. The largest absolute Gasteiger partial charge is 0.478 e. The molecule has 0 saturated heterocycles. The summed E-state index contributed by atoms with van der Waals surface area (Å²) in [6.07, 6.45) is 0.0511. The molecule has 2 unspecified atom stereocenters. The lowest BCUT2D eigenvalue weighted by Gasteiger charge is -2.22. The molecule has 0 aliphatic heterocycles. The molecule has 14 heteroatoms. The number of amides is 2. The standard InChI is InChI=1S/C29H34N6O7S/c30-14-21-3-1-2-20(12-21)13-24(27(37)33-15-18-4-8-22(9-5-18)26(31)32)34-28(38)25(16-36)35-43(41,42)17-19-6-10-23(11-7-19)29(39)40/h1-12,24-25,35-36H,13-17,30H2,(H3,31,32)(H,33,37)(H,34,38)(H,39,40). The summed E-state index contributed by atoms with van der Waals surface area (Å²) in [6, 6.07) is 16.2. The van der Waals surface area contributed by atoms with Crippen molar-refractivity contribution in [2.75, 3.05) is 6.61 Å². The number of nitrogens with two attached hydrogens (primary N) is 2. The van der Waals surface area contributed by atoms with Crippen molar-refractivity contribution in [2.45, 2.75) is 37.3 Å². The van der Waals surface area contributed by atoms with Gasteiger partial charge in [0.15, 0.2) is 0 Å². The number of hydrogen-bond donors (Lipinski definition) is 8. The van der Waals surface area contributed by atoms with E-state index < -0.39 is 52.3 Å². The van der Waals surface area contributed by atoms with Gasteiger partial charge in [-0.05, 0) is 34.4 Å². The summed E-state index contributed by atoms with van der Waals surface area (Å²) < 4.78 is 27.7. The third-order valence-corrected chi connectivity index (χ3v) is 7.77. The van der Waals surface area contributed by atoms with Gasteiger partial charge in [0.05, 0.1) is 17.9 Å². The van der Waals surface area contributed by atoms with Crippen LogP contribution < -0.4 is 26.8 Å². The number of hydrogen-bond acceptors (Lipinski definition) is 8. The van der Waals surface area contributed by atoms with E-state index in [0.717, 1.165) is 5.56 Å². The van der Waals surface area contributed by atoms with E-state index in [4.69, 9.17) is 22.0 Å². The van der Waals surface area contributed by atoms with Gasteiger partial charge in [-0.1, -0.05) is 60.7 Å². The maximum Gasteiger partial charge on any atom is 0.335 e. The minimum Gasteiger partial charge on any atom is -0.478 e. The Morgan fingerprint density at radius 3 is 2.02 bits per heavy atom. The molecule has 3 rings (SSSR count). The van der Waals surface area contributed by atoms with Crippen molar-refractivity contribution in [2.24, 2.45) is 11.5 Å². The van der Waals surface area contributed by atoms with Gasteiger partial charge in [0, 0.05) is 25.1 Å². The van der Waals surface area contributed by atoms with Crippen LogP contribution >= 0.6 is 0 Å². The van der Waals surface area contributed by atoms with E-state index in [1.165, 1.54) is 24.3 Å². The topological polar surface area (TPSA) is 238 Å². The third kappa shape index (κ3) is 10.0. The fourth-order valence-electron chi connectivity index (χ4n) is 4.11. The summed E-state index contributed by atoms with van der Waals surface area (Å²) in [4.78, 5) is 37.4. The first kappa shape index (κ1) is 32.9. The van der Waals surface area contributed by atoms with Crippen LogP contribution in [0.1, 0.15) is 38.2 Å². The summed E-state index contributed by atoms with van der Waals surface area (Å²) in [6.45, 7) is -0.522. The number of nitrogen functional groups attached to an aromatic ring is 1. The van der Waals surface area contributed by atoms with Crippen LogP contribution in [0.3, 0.4) is 0 Å². The number of nitrogens with one attached hydrogen (secondary N) is 4. The molecule has 2 atom stereocenters. The van der Waals surface area contributed by atoms with E-state index in [-0.39, 0.29) is 36.5 Å². The zero-order valence-corrected chi connectivity index (χ0v) is 23.9. The van der Waals surface area contributed by atoms with E-state index >= 15 is 0 Å². The van der Waals surface area contributed by atoms with Crippen molar-refractivity contribution in [1.29, 1.82) is 5.41 Å². The van der Waals surface area contributed by atoms with Crippen molar-refractivity contribution in [1.82, 2.24) is 15.4 Å². The molecular formula is C29H34N6O7S. The molecule has 13 nitrogen and oxygen atoms in total. The van der Waals surface area contributed by atoms with Gasteiger partial charge in [-0.2, -0.15) is 0 Å². The normalized spacial score (nSPS) is 12.6. The molecule has 3 aromatic rings. The zero-order valence-electron chi connectivity index (χ0n) is 23.1. The second-order valence-electron chi connectivity index (χ2n) is 9.73. The van der Waals surface area contributed by atoms with E-state index in [2.05, 4.69) is 15.4 Å². The molecule has 0 aromatic heterocycles.